The first kappa shape index (κ1) is 8.36. The highest BCUT2D eigenvalue weighted by Crippen LogP contribution is 2.44. The molecule has 0 aliphatic heterocycles. The van der Waals surface area contributed by atoms with Crippen LogP contribution < -0.4 is 0 Å². The zero-order chi connectivity index (χ0) is 8.65. The van der Waals surface area contributed by atoms with E-state index in [1.807, 2.05) is 0 Å². The van der Waals surface area contributed by atoms with Crippen LogP contribution in [0.2, 0.25) is 0 Å². The smallest absolute Gasteiger partial charge is 0.391 e. The number of rotatable bonds is 1. The molecule has 1 fully saturated rings. The predicted molar refractivity (Wildman–Crippen MR) is 29.9 cm³/mol. The number of carboxylic acids is 1. The van der Waals surface area contributed by atoms with Gasteiger partial charge in [0.1, 0.15) is 0 Å². The van der Waals surface area contributed by atoms with E-state index >= 15 is 0 Å². The molecule has 0 spiro atoms. The summed E-state index contributed by atoms with van der Waals surface area (Å²) >= 11 is 0. The molecule has 0 heterocycles. The van der Waals surface area contributed by atoms with E-state index in [1.165, 1.54) is 0 Å². The second kappa shape index (κ2) is 2.39. The monoisotopic (exact) mass is 168 g/mol. The number of carbonyl (C=O) groups is 1. The summed E-state index contributed by atoms with van der Waals surface area (Å²) < 4.78 is 35.2. The van der Waals surface area contributed by atoms with Gasteiger partial charge in [-0.2, -0.15) is 13.2 Å². The van der Waals surface area contributed by atoms with Gasteiger partial charge in [0.2, 0.25) is 0 Å². The minimum absolute atomic E-state index is 0.251. The lowest BCUT2D eigenvalue weighted by Crippen LogP contribution is -2.39. The van der Waals surface area contributed by atoms with Crippen molar-refractivity contribution in [2.45, 2.75) is 19.0 Å². The lowest BCUT2D eigenvalue weighted by atomic mass is 9.74. The van der Waals surface area contributed by atoms with Gasteiger partial charge in [-0.3, -0.25) is 4.79 Å². The van der Waals surface area contributed by atoms with Crippen LogP contribution in [0, 0.1) is 11.8 Å². The minimum atomic E-state index is -4.20. The molecule has 0 aromatic rings. The molecule has 1 saturated carbocycles. The van der Waals surface area contributed by atoms with Gasteiger partial charge in [-0.05, 0) is 12.8 Å². The lowest BCUT2D eigenvalue weighted by Gasteiger charge is -2.33. The Balaban J connectivity index is 2.35. The van der Waals surface area contributed by atoms with E-state index in [-0.39, 0.29) is 12.8 Å². The summed E-state index contributed by atoms with van der Waals surface area (Å²) in [4.78, 5) is 10.1. The molecule has 1 rings (SSSR count). The number of hydrogen-bond donors (Lipinski definition) is 1. The van der Waals surface area contributed by atoms with Crippen molar-refractivity contribution < 1.29 is 23.1 Å². The quantitative estimate of drug-likeness (QED) is 0.646. The van der Waals surface area contributed by atoms with E-state index in [1.54, 1.807) is 0 Å². The number of hydrogen-bond acceptors (Lipinski definition) is 1. The molecule has 0 aromatic carbocycles. The van der Waals surface area contributed by atoms with Crippen LogP contribution in [0.25, 0.3) is 0 Å². The van der Waals surface area contributed by atoms with Gasteiger partial charge in [0.25, 0.3) is 0 Å². The summed E-state index contributed by atoms with van der Waals surface area (Å²) in [6, 6.07) is 0. The highest BCUT2D eigenvalue weighted by Gasteiger charge is 2.49. The van der Waals surface area contributed by atoms with Crippen molar-refractivity contribution in [3.05, 3.63) is 0 Å². The fourth-order valence-corrected chi connectivity index (χ4v) is 1.09. The van der Waals surface area contributed by atoms with Gasteiger partial charge >= 0.3 is 12.1 Å². The van der Waals surface area contributed by atoms with Gasteiger partial charge in [-0.15, -0.1) is 0 Å². The van der Waals surface area contributed by atoms with Gasteiger partial charge in [-0.25, -0.2) is 0 Å². The summed E-state index contributed by atoms with van der Waals surface area (Å²) in [5.74, 6) is -3.28. The molecular formula is C6H7F3O2. The summed E-state index contributed by atoms with van der Waals surface area (Å²) in [5, 5.41) is 8.25. The van der Waals surface area contributed by atoms with Crippen LogP contribution >= 0.6 is 0 Å². The highest BCUT2D eigenvalue weighted by atomic mass is 19.4. The molecule has 0 bridgehead atoms. The molecule has 1 N–H and O–H groups in total. The van der Waals surface area contributed by atoms with Crippen molar-refractivity contribution in [2.24, 2.45) is 11.8 Å². The van der Waals surface area contributed by atoms with Gasteiger partial charge in [0, 0.05) is 0 Å². The SMILES string of the molecule is O=C(O)[C@H]1C[C@H](C(F)(F)F)C1. The molecule has 11 heavy (non-hydrogen) atoms. The summed E-state index contributed by atoms with van der Waals surface area (Å²) in [6.45, 7) is 0. The predicted octanol–water partition coefficient (Wildman–Crippen LogP) is 1.66. The molecule has 0 aromatic heterocycles. The normalized spacial score (nSPS) is 31.2. The molecule has 2 nitrogen and oxygen atoms in total. The second-order valence-corrected chi connectivity index (χ2v) is 2.75. The molecular weight excluding hydrogens is 161 g/mol. The maximum atomic E-state index is 11.7. The minimum Gasteiger partial charge on any atom is -0.481 e. The maximum absolute atomic E-state index is 11.7. The van der Waals surface area contributed by atoms with Crippen LogP contribution in [0.5, 0.6) is 0 Å². The lowest BCUT2D eigenvalue weighted by molar-refractivity contribution is -0.207. The number of alkyl halides is 3. The number of halogens is 3. The summed E-state index contributed by atoms with van der Waals surface area (Å²) in [7, 11) is 0. The third-order valence-electron chi connectivity index (χ3n) is 1.95. The second-order valence-electron chi connectivity index (χ2n) is 2.75. The molecule has 0 amide bonds. The largest absolute Gasteiger partial charge is 0.481 e. The zero-order valence-electron chi connectivity index (χ0n) is 5.56. The van der Waals surface area contributed by atoms with Crippen molar-refractivity contribution in [3.8, 4) is 0 Å². The Bertz CT molecular complexity index is 169. The maximum Gasteiger partial charge on any atom is 0.391 e. The third-order valence-corrected chi connectivity index (χ3v) is 1.95. The fraction of sp³-hybridized carbons (Fsp3) is 0.833. The molecule has 0 saturated heterocycles. The van der Waals surface area contributed by atoms with Crippen LogP contribution in [-0.4, -0.2) is 17.3 Å². The van der Waals surface area contributed by atoms with Crippen molar-refractivity contribution in [1.82, 2.24) is 0 Å². The average Bonchev–Trinajstić information content (AvgIpc) is 1.51. The van der Waals surface area contributed by atoms with Crippen LogP contribution in [0.4, 0.5) is 13.2 Å². The van der Waals surface area contributed by atoms with Crippen molar-refractivity contribution in [3.63, 3.8) is 0 Å². The first-order valence-electron chi connectivity index (χ1n) is 3.21. The molecule has 0 unspecified atom stereocenters. The Morgan fingerprint density at radius 2 is 1.82 bits per heavy atom. The van der Waals surface area contributed by atoms with Gasteiger partial charge in [0.15, 0.2) is 0 Å². The standard InChI is InChI=1S/C6H7F3O2/c7-6(8,9)4-1-3(2-4)5(10)11/h3-4H,1-2H2,(H,10,11)/t3-,4-. The highest BCUT2D eigenvalue weighted by molar-refractivity contribution is 5.71. The first-order valence-corrected chi connectivity index (χ1v) is 3.21. The Morgan fingerprint density at radius 3 is 2.09 bits per heavy atom. The summed E-state index contributed by atoms with van der Waals surface area (Å²) in [5.41, 5.74) is 0. The fourth-order valence-electron chi connectivity index (χ4n) is 1.09. The molecule has 0 radical (unpaired) electrons. The van der Waals surface area contributed by atoms with Crippen LogP contribution in [0.3, 0.4) is 0 Å². The Labute approximate surface area is 61.0 Å². The first-order chi connectivity index (χ1) is 4.91. The zero-order valence-corrected chi connectivity index (χ0v) is 5.56. The Hall–Kier alpha value is -0.740. The van der Waals surface area contributed by atoms with E-state index < -0.39 is 24.0 Å². The Kier molecular flexibility index (Phi) is 1.82. The number of aliphatic carboxylic acids is 1. The topological polar surface area (TPSA) is 37.3 Å². The van der Waals surface area contributed by atoms with E-state index in [2.05, 4.69) is 0 Å². The third kappa shape index (κ3) is 1.64. The van der Waals surface area contributed by atoms with E-state index in [4.69, 9.17) is 5.11 Å². The van der Waals surface area contributed by atoms with Gasteiger partial charge < -0.3 is 5.11 Å². The van der Waals surface area contributed by atoms with Crippen LogP contribution in [0.1, 0.15) is 12.8 Å². The van der Waals surface area contributed by atoms with Gasteiger partial charge in [-0.1, -0.05) is 0 Å². The van der Waals surface area contributed by atoms with Crippen molar-refractivity contribution in [2.75, 3.05) is 0 Å². The van der Waals surface area contributed by atoms with E-state index in [9.17, 15) is 18.0 Å². The van der Waals surface area contributed by atoms with Crippen molar-refractivity contribution >= 4 is 5.97 Å². The molecule has 0 atom stereocenters. The molecule has 1 aliphatic carbocycles. The molecule has 5 heteroatoms. The van der Waals surface area contributed by atoms with E-state index in [0.717, 1.165) is 0 Å². The Morgan fingerprint density at radius 1 is 1.36 bits per heavy atom. The van der Waals surface area contributed by atoms with E-state index in [0.29, 0.717) is 0 Å². The number of carboxylic acid groups (broad SMARTS) is 1. The summed E-state index contributed by atoms with van der Waals surface area (Å²) in [6.07, 6.45) is -4.70. The average molecular weight is 168 g/mol. The van der Waals surface area contributed by atoms with Gasteiger partial charge in [0.05, 0.1) is 11.8 Å². The molecule has 1 aliphatic rings. The molecule has 64 valence electrons. The van der Waals surface area contributed by atoms with Crippen LogP contribution in [0.15, 0.2) is 0 Å². The van der Waals surface area contributed by atoms with Crippen LogP contribution in [-0.2, 0) is 4.79 Å². The van der Waals surface area contributed by atoms with Crippen molar-refractivity contribution in [1.29, 1.82) is 0 Å².